The zero-order valence-corrected chi connectivity index (χ0v) is 12.5. The molecule has 2 aromatic rings. The first-order valence-electron chi connectivity index (χ1n) is 6.90. The van der Waals surface area contributed by atoms with E-state index in [1.165, 1.54) is 0 Å². The lowest BCUT2D eigenvalue weighted by Gasteiger charge is -2.22. The second kappa shape index (κ2) is 5.92. The summed E-state index contributed by atoms with van der Waals surface area (Å²) in [5, 5.41) is 2.73. The van der Waals surface area contributed by atoms with Gasteiger partial charge in [-0.3, -0.25) is 9.59 Å². The lowest BCUT2D eigenvalue weighted by molar-refractivity contribution is -0.112. The van der Waals surface area contributed by atoms with Gasteiger partial charge in [-0.1, -0.05) is 69.3 Å². The van der Waals surface area contributed by atoms with E-state index in [1.54, 1.807) is 24.3 Å². The topological polar surface area (TPSA) is 46.2 Å². The number of carbonyl (C=O) groups excluding carboxylic acids is 2. The number of nitrogens with one attached hydrogen (secondary N) is 1. The van der Waals surface area contributed by atoms with Crippen molar-refractivity contribution in [1.82, 2.24) is 0 Å². The summed E-state index contributed by atoms with van der Waals surface area (Å²) in [5.74, 6) is -1.14. The molecular weight excluding hydrogens is 262 g/mol. The van der Waals surface area contributed by atoms with E-state index < -0.39 is 11.7 Å². The van der Waals surface area contributed by atoms with E-state index in [0.29, 0.717) is 11.3 Å². The Morgan fingerprint density at radius 1 is 0.857 bits per heavy atom. The quantitative estimate of drug-likeness (QED) is 0.687. The maximum atomic E-state index is 12.1. The molecule has 1 N–H and O–H groups in total. The molecule has 0 aliphatic heterocycles. The lowest BCUT2D eigenvalue weighted by Crippen LogP contribution is -2.25. The SMILES string of the molecule is CC(C)(C)c1ccccc1NC(=O)C(=O)c1ccccc1. The molecule has 0 spiro atoms. The number of ketones is 1. The molecule has 0 bridgehead atoms. The fraction of sp³-hybridized carbons (Fsp3) is 0.222. The number of para-hydroxylation sites is 1. The van der Waals surface area contributed by atoms with Crippen molar-refractivity contribution in [1.29, 1.82) is 0 Å². The average molecular weight is 281 g/mol. The van der Waals surface area contributed by atoms with Gasteiger partial charge in [-0.05, 0) is 17.0 Å². The van der Waals surface area contributed by atoms with E-state index in [2.05, 4.69) is 26.1 Å². The highest BCUT2D eigenvalue weighted by Gasteiger charge is 2.21. The Bertz CT molecular complexity index is 654. The molecule has 2 aromatic carbocycles. The molecule has 0 aromatic heterocycles. The molecule has 21 heavy (non-hydrogen) atoms. The third-order valence-electron chi connectivity index (χ3n) is 3.23. The molecule has 0 saturated heterocycles. The van der Waals surface area contributed by atoms with Crippen LogP contribution in [0.1, 0.15) is 36.7 Å². The molecule has 108 valence electrons. The van der Waals surface area contributed by atoms with Crippen LogP contribution < -0.4 is 5.32 Å². The fourth-order valence-electron chi connectivity index (χ4n) is 2.15. The number of anilines is 1. The third-order valence-corrected chi connectivity index (χ3v) is 3.23. The van der Waals surface area contributed by atoms with Crippen molar-refractivity contribution >= 4 is 17.4 Å². The molecule has 3 nitrogen and oxygen atoms in total. The van der Waals surface area contributed by atoms with Crippen LogP contribution in [0.5, 0.6) is 0 Å². The first-order valence-corrected chi connectivity index (χ1v) is 6.90. The largest absolute Gasteiger partial charge is 0.319 e. The average Bonchev–Trinajstić information content (AvgIpc) is 2.47. The molecule has 0 heterocycles. The second-order valence-corrected chi connectivity index (χ2v) is 5.94. The summed E-state index contributed by atoms with van der Waals surface area (Å²) in [4.78, 5) is 24.2. The van der Waals surface area contributed by atoms with Crippen LogP contribution >= 0.6 is 0 Å². The number of hydrogen-bond donors (Lipinski definition) is 1. The highest BCUT2D eigenvalue weighted by atomic mass is 16.2. The van der Waals surface area contributed by atoms with E-state index in [4.69, 9.17) is 0 Å². The number of carbonyl (C=O) groups is 2. The zero-order valence-electron chi connectivity index (χ0n) is 12.5. The third kappa shape index (κ3) is 3.57. The van der Waals surface area contributed by atoms with Crippen molar-refractivity contribution in [2.45, 2.75) is 26.2 Å². The van der Waals surface area contributed by atoms with E-state index in [-0.39, 0.29) is 5.41 Å². The molecule has 0 fully saturated rings. The van der Waals surface area contributed by atoms with Gasteiger partial charge >= 0.3 is 0 Å². The molecule has 2 rings (SSSR count). The molecule has 0 aliphatic rings. The summed E-state index contributed by atoms with van der Waals surface area (Å²) in [7, 11) is 0. The van der Waals surface area contributed by atoms with Gasteiger partial charge in [-0.25, -0.2) is 0 Å². The number of rotatable bonds is 3. The number of amides is 1. The Morgan fingerprint density at radius 3 is 2.05 bits per heavy atom. The molecule has 0 aliphatic carbocycles. The van der Waals surface area contributed by atoms with Gasteiger partial charge in [0.15, 0.2) is 0 Å². The first kappa shape index (κ1) is 15.0. The van der Waals surface area contributed by atoms with Crippen LogP contribution in [0.25, 0.3) is 0 Å². The van der Waals surface area contributed by atoms with Crippen molar-refractivity contribution < 1.29 is 9.59 Å². The predicted molar refractivity (Wildman–Crippen MR) is 84.5 cm³/mol. The second-order valence-electron chi connectivity index (χ2n) is 5.94. The van der Waals surface area contributed by atoms with Crippen molar-refractivity contribution in [2.24, 2.45) is 0 Å². The van der Waals surface area contributed by atoms with Crippen LogP contribution in [0.15, 0.2) is 54.6 Å². The van der Waals surface area contributed by atoms with Crippen LogP contribution in [0.3, 0.4) is 0 Å². The van der Waals surface area contributed by atoms with E-state index in [1.807, 2.05) is 30.3 Å². The summed E-state index contributed by atoms with van der Waals surface area (Å²) in [6.07, 6.45) is 0. The fourth-order valence-corrected chi connectivity index (χ4v) is 2.15. The summed E-state index contributed by atoms with van der Waals surface area (Å²) in [6.45, 7) is 6.20. The van der Waals surface area contributed by atoms with Crippen molar-refractivity contribution in [3.05, 3.63) is 65.7 Å². The van der Waals surface area contributed by atoms with Gasteiger partial charge < -0.3 is 5.32 Å². The van der Waals surface area contributed by atoms with Crippen LogP contribution in [-0.2, 0) is 10.2 Å². The summed E-state index contributed by atoms with van der Waals surface area (Å²) in [5.41, 5.74) is 1.96. The Kier molecular flexibility index (Phi) is 4.22. The van der Waals surface area contributed by atoms with Crippen LogP contribution in [0, 0.1) is 0 Å². The minimum absolute atomic E-state index is 0.111. The van der Waals surface area contributed by atoms with E-state index in [9.17, 15) is 9.59 Å². The minimum Gasteiger partial charge on any atom is -0.319 e. The van der Waals surface area contributed by atoms with Gasteiger partial charge in [-0.15, -0.1) is 0 Å². The van der Waals surface area contributed by atoms with Crippen molar-refractivity contribution in [3.8, 4) is 0 Å². The van der Waals surface area contributed by atoms with Gasteiger partial charge in [0, 0.05) is 11.3 Å². The van der Waals surface area contributed by atoms with E-state index >= 15 is 0 Å². The Hall–Kier alpha value is -2.42. The van der Waals surface area contributed by atoms with Gasteiger partial charge in [-0.2, -0.15) is 0 Å². The minimum atomic E-state index is -0.613. The molecule has 0 atom stereocenters. The Balaban J connectivity index is 2.23. The predicted octanol–water partition coefficient (Wildman–Crippen LogP) is 3.81. The molecule has 0 saturated carbocycles. The molecule has 1 amide bonds. The van der Waals surface area contributed by atoms with Crippen LogP contribution in [0.4, 0.5) is 5.69 Å². The highest BCUT2D eigenvalue weighted by molar-refractivity contribution is 6.46. The summed E-state index contributed by atoms with van der Waals surface area (Å²) < 4.78 is 0. The summed E-state index contributed by atoms with van der Waals surface area (Å²) in [6, 6.07) is 16.1. The Labute approximate surface area is 125 Å². The van der Waals surface area contributed by atoms with Crippen LogP contribution in [-0.4, -0.2) is 11.7 Å². The summed E-state index contributed by atoms with van der Waals surface area (Å²) >= 11 is 0. The maximum absolute atomic E-state index is 12.1. The monoisotopic (exact) mass is 281 g/mol. The number of hydrogen-bond acceptors (Lipinski definition) is 2. The van der Waals surface area contributed by atoms with Gasteiger partial charge in [0.2, 0.25) is 0 Å². The van der Waals surface area contributed by atoms with Gasteiger partial charge in [0.05, 0.1) is 0 Å². The maximum Gasteiger partial charge on any atom is 0.296 e. The first-order chi connectivity index (χ1) is 9.89. The highest BCUT2D eigenvalue weighted by Crippen LogP contribution is 2.29. The zero-order chi connectivity index (χ0) is 15.5. The van der Waals surface area contributed by atoms with Crippen molar-refractivity contribution in [3.63, 3.8) is 0 Å². The molecule has 0 unspecified atom stereocenters. The number of benzene rings is 2. The smallest absolute Gasteiger partial charge is 0.296 e. The van der Waals surface area contributed by atoms with Gasteiger partial charge in [0.1, 0.15) is 0 Å². The Morgan fingerprint density at radius 2 is 1.43 bits per heavy atom. The lowest BCUT2D eigenvalue weighted by atomic mass is 9.86. The molecule has 0 radical (unpaired) electrons. The van der Waals surface area contributed by atoms with Gasteiger partial charge in [0.25, 0.3) is 11.7 Å². The van der Waals surface area contributed by atoms with Crippen molar-refractivity contribution in [2.75, 3.05) is 5.32 Å². The standard InChI is InChI=1S/C18H19NO2/c1-18(2,3)14-11-7-8-12-15(14)19-17(21)16(20)13-9-5-4-6-10-13/h4-12H,1-3H3,(H,19,21). The molecular formula is C18H19NO2. The molecule has 3 heteroatoms. The van der Waals surface area contributed by atoms with E-state index in [0.717, 1.165) is 5.56 Å². The van der Waals surface area contributed by atoms with Crippen LogP contribution in [0.2, 0.25) is 0 Å². The number of Topliss-reactive ketones (excluding diaryl/α,β-unsaturated/α-hetero) is 1. The normalized spacial score (nSPS) is 11.0.